The molecule has 26 heavy (non-hydrogen) atoms. The Morgan fingerprint density at radius 1 is 1.35 bits per heavy atom. The molecule has 3 aromatic rings. The molecule has 2 aromatic heterocycles. The molecule has 3 rings (SSSR count). The first-order valence-corrected chi connectivity index (χ1v) is 9.27. The largest absolute Gasteiger partial charge is 0.497 e. The van der Waals surface area contributed by atoms with E-state index in [9.17, 15) is 9.59 Å². The molecule has 0 unspecified atom stereocenters. The summed E-state index contributed by atoms with van der Waals surface area (Å²) in [7, 11) is 1.64. The zero-order valence-corrected chi connectivity index (χ0v) is 15.8. The van der Waals surface area contributed by atoms with Crippen molar-refractivity contribution in [3.05, 3.63) is 63.0 Å². The van der Waals surface area contributed by atoms with Gasteiger partial charge in [-0.25, -0.2) is 4.98 Å². The molecule has 1 aromatic carbocycles. The highest BCUT2D eigenvalue weighted by Gasteiger charge is 2.17. The number of methoxy groups -OCH3 is 1. The first-order valence-electron chi connectivity index (χ1n) is 8.39. The summed E-state index contributed by atoms with van der Waals surface area (Å²) < 4.78 is 6.62. The Balaban J connectivity index is 1.64. The summed E-state index contributed by atoms with van der Waals surface area (Å²) in [6.45, 7) is 3.76. The Morgan fingerprint density at radius 3 is 2.77 bits per heavy atom. The van der Waals surface area contributed by atoms with Crippen molar-refractivity contribution in [3.8, 4) is 5.75 Å². The van der Waals surface area contributed by atoms with Crippen LogP contribution in [0.5, 0.6) is 5.75 Å². The Kier molecular flexibility index (Phi) is 5.37. The van der Waals surface area contributed by atoms with Gasteiger partial charge in [-0.3, -0.25) is 14.0 Å². The topological polar surface area (TPSA) is 72.7 Å². The summed E-state index contributed by atoms with van der Waals surface area (Å²) in [5.74, 6) is 0.437. The maximum absolute atomic E-state index is 12.5. The van der Waals surface area contributed by atoms with Gasteiger partial charge in [0.15, 0.2) is 4.96 Å². The van der Waals surface area contributed by atoms with Gasteiger partial charge in [-0.1, -0.05) is 12.1 Å². The lowest BCUT2D eigenvalue weighted by Crippen LogP contribution is -2.37. The smallest absolute Gasteiger partial charge is 0.271 e. The number of fused-ring (bicyclic) bond motifs is 1. The molecule has 136 valence electrons. The highest BCUT2D eigenvalue weighted by molar-refractivity contribution is 7.15. The van der Waals surface area contributed by atoms with Crippen LogP contribution in [0.15, 0.2) is 40.6 Å². The van der Waals surface area contributed by atoms with Gasteiger partial charge in [0.1, 0.15) is 11.3 Å². The van der Waals surface area contributed by atoms with Gasteiger partial charge in [0.25, 0.3) is 11.5 Å². The number of carbonyl (C=O) groups is 1. The van der Waals surface area contributed by atoms with Crippen LogP contribution in [0, 0.1) is 6.92 Å². The highest BCUT2D eigenvalue weighted by atomic mass is 32.1. The lowest BCUT2D eigenvalue weighted by Gasteiger charge is -2.14. The summed E-state index contributed by atoms with van der Waals surface area (Å²) in [6.07, 6.45) is 2.96. The minimum Gasteiger partial charge on any atom is -0.497 e. The average Bonchev–Trinajstić information content (AvgIpc) is 3.02. The van der Waals surface area contributed by atoms with Crippen molar-refractivity contribution < 1.29 is 9.53 Å². The van der Waals surface area contributed by atoms with E-state index in [0.29, 0.717) is 4.96 Å². The maximum Gasteiger partial charge on any atom is 0.271 e. The normalized spacial score (nSPS) is 12.1. The van der Waals surface area contributed by atoms with Crippen LogP contribution in [0.25, 0.3) is 4.96 Å². The minimum absolute atomic E-state index is 0.0618. The van der Waals surface area contributed by atoms with Gasteiger partial charge in [0.05, 0.1) is 7.11 Å². The molecule has 0 fully saturated rings. The molecule has 1 N–H and O–H groups in total. The molecule has 0 aliphatic carbocycles. The standard InChI is InChI=1S/C19H21N3O3S/c1-12(4-5-14-6-8-15(25-3)9-7-14)21-17(23)16-10-20-19-22(18(16)24)13(2)11-26-19/h6-12H,4-5H2,1-3H3,(H,21,23)/t12-/m1/s1. The van der Waals surface area contributed by atoms with Crippen LogP contribution in [0.3, 0.4) is 0 Å². The highest BCUT2D eigenvalue weighted by Crippen LogP contribution is 2.14. The van der Waals surface area contributed by atoms with Gasteiger partial charge in [0.2, 0.25) is 0 Å². The zero-order chi connectivity index (χ0) is 18.7. The lowest BCUT2D eigenvalue weighted by molar-refractivity contribution is 0.0936. The number of nitrogens with zero attached hydrogens (tertiary/aromatic N) is 2. The molecule has 2 heterocycles. The number of amides is 1. The molecule has 0 saturated carbocycles. The molecule has 0 radical (unpaired) electrons. The number of rotatable bonds is 6. The first-order chi connectivity index (χ1) is 12.5. The Bertz CT molecular complexity index is 976. The number of hydrogen-bond acceptors (Lipinski definition) is 5. The van der Waals surface area contributed by atoms with Crippen LogP contribution in [0.2, 0.25) is 0 Å². The van der Waals surface area contributed by atoms with Crippen molar-refractivity contribution in [3.63, 3.8) is 0 Å². The summed E-state index contributed by atoms with van der Waals surface area (Å²) in [5, 5.41) is 4.74. The van der Waals surface area contributed by atoms with Crippen LogP contribution < -0.4 is 15.6 Å². The number of thiazole rings is 1. The fourth-order valence-corrected chi connectivity index (χ4v) is 3.56. The second kappa shape index (κ2) is 7.70. The summed E-state index contributed by atoms with van der Waals surface area (Å²) in [4.78, 5) is 29.8. The molecule has 0 aliphatic heterocycles. The Morgan fingerprint density at radius 2 is 2.08 bits per heavy atom. The number of nitrogens with one attached hydrogen (secondary N) is 1. The molecule has 0 spiro atoms. The van der Waals surface area contributed by atoms with Crippen molar-refractivity contribution in [1.29, 1.82) is 0 Å². The molecule has 0 bridgehead atoms. The number of aromatic nitrogens is 2. The van der Waals surface area contributed by atoms with Crippen LogP contribution in [0.1, 0.15) is 35.0 Å². The van der Waals surface area contributed by atoms with E-state index < -0.39 is 0 Å². The third kappa shape index (κ3) is 3.77. The fourth-order valence-electron chi connectivity index (χ4n) is 2.73. The van der Waals surface area contributed by atoms with E-state index in [2.05, 4.69) is 10.3 Å². The second-order valence-electron chi connectivity index (χ2n) is 6.23. The molecule has 7 heteroatoms. The molecule has 6 nitrogen and oxygen atoms in total. The van der Waals surface area contributed by atoms with Crippen molar-refractivity contribution in [2.75, 3.05) is 7.11 Å². The first kappa shape index (κ1) is 18.1. The number of ether oxygens (including phenoxy) is 1. The third-order valence-electron chi connectivity index (χ3n) is 4.26. The maximum atomic E-state index is 12.5. The number of benzene rings is 1. The average molecular weight is 371 g/mol. The van der Waals surface area contributed by atoms with E-state index in [1.807, 2.05) is 43.5 Å². The van der Waals surface area contributed by atoms with Gasteiger partial charge >= 0.3 is 0 Å². The monoisotopic (exact) mass is 371 g/mol. The molecule has 1 amide bonds. The lowest BCUT2D eigenvalue weighted by atomic mass is 10.1. The zero-order valence-electron chi connectivity index (χ0n) is 15.0. The quantitative estimate of drug-likeness (QED) is 0.723. The molecular formula is C19H21N3O3S. The molecular weight excluding hydrogens is 350 g/mol. The van der Waals surface area contributed by atoms with Gasteiger partial charge in [0, 0.05) is 23.3 Å². The predicted molar refractivity (Wildman–Crippen MR) is 102 cm³/mol. The molecule has 1 atom stereocenters. The fraction of sp³-hybridized carbons (Fsp3) is 0.316. The summed E-state index contributed by atoms with van der Waals surface area (Å²) in [5.41, 5.74) is 1.70. The van der Waals surface area contributed by atoms with Crippen LogP contribution in [-0.2, 0) is 6.42 Å². The number of aryl methyl sites for hydroxylation is 2. The number of hydrogen-bond donors (Lipinski definition) is 1. The summed E-state index contributed by atoms with van der Waals surface area (Å²) >= 11 is 1.38. The van der Waals surface area contributed by atoms with Crippen LogP contribution in [0.4, 0.5) is 0 Å². The number of carbonyl (C=O) groups excluding carboxylic acids is 1. The molecule has 0 aliphatic rings. The van der Waals surface area contributed by atoms with Gasteiger partial charge < -0.3 is 10.1 Å². The van der Waals surface area contributed by atoms with E-state index in [0.717, 1.165) is 24.3 Å². The third-order valence-corrected chi connectivity index (χ3v) is 5.22. The van der Waals surface area contributed by atoms with Crippen LogP contribution >= 0.6 is 11.3 Å². The SMILES string of the molecule is COc1ccc(CC[C@@H](C)NC(=O)c2cnc3scc(C)n3c2=O)cc1. The van der Waals surface area contributed by atoms with Crippen molar-refractivity contribution in [2.24, 2.45) is 0 Å². The summed E-state index contributed by atoms with van der Waals surface area (Å²) in [6, 6.07) is 7.80. The van der Waals surface area contributed by atoms with E-state index in [4.69, 9.17) is 4.74 Å². The Hall–Kier alpha value is -2.67. The second-order valence-corrected chi connectivity index (χ2v) is 7.07. The van der Waals surface area contributed by atoms with Gasteiger partial charge in [-0.2, -0.15) is 0 Å². The van der Waals surface area contributed by atoms with Crippen molar-refractivity contribution >= 4 is 22.2 Å². The predicted octanol–water partition coefficient (Wildman–Crippen LogP) is 2.82. The van der Waals surface area contributed by atoms with E-state index in [1.54, 1.807) is 7.11 Å². The van der Waals surface area contributed by atoms with Crippen LogP contribution in [-0.4, -0.2) is 28.4 Å². The van der Waals surface area contributed by atoms with Gasteiger partial charge in [-0.15, -0.1) is 11.3 Å². The minimum atomic E-state index is -0.385. The van der Waals surface area contributed by atoms with E-state index >= 15 is 0 Å². The Labute approximate surface area is 155 Å². The van der Waals surface area contributed by atoms with Crippen molar-refractivity contribution in [1.82, 2.24) is 14.7 Å². The van der Waals surface area contributed by atoms with E-state index in [1.165, 1.54) is 27.5 Å². The van der Waals surface area contributed by atoms with Gasteiger partial charge in [-0.05, 0) is 44.4 Å². The molecule has 0 saturated heterocycles. The van der Waals surface area contributed by atoms with Crippen molar-refractivity contribution in [2.45, 2.75) is 32.7 Å². The van der Waals surface area contributed by atoms with E-state index in [-0.39, 0.29) is 23.1 Å².